The summed E-state index contributed by atoms with van der Waals surface area (Å²) in [6.45, 7) is 1.79. The van der Waals surface area contributed by atoms with Crippen molar-refractivity contribution in [1.82, 2.24) is 19.6 Å². The van der Waals surface area contributed by atoms with E-state index in [4.69, 9.17) is 4.74 Å². The molecule has 2 bridgehead atoms. The van der Waals surface area contributed by atoms with E-state index in [1.54, 1.807) is 16.8 Å². The van der Waals surface area contributed by atoms with Gasteiger partial charge in [-0.05, 0) is 18.9 Å². The predicted molar refractivity (Wildman–Crippen MR) is 82.0 cm³/mol. The maximum Gasteiger partial charge on any atom is 0.274 e. The highest BCUT2D eigenvalue weighted by atomic mass is 16.5. The van der Waals surface area contributed by atoms with Crippen molar-refractivity contribution in [2.75, 3.05) is 33.4 Å². The quantitative estimate of drug-likeness (QED) is 0.783. The third-order valence-corrected chi connectivity index (χ3v) is 5.16. The lowest BCUT2D eigenvalue weighted by molar-refractivity contribution is -0.133. The molecule has 4 rings (SSSR count). The molecular weight excluding hydrogens is 296 g/mol. The number of nitrogens with zero attached hydrogens (tertiary/aromatic N) is 4. The van der Waals surface area contributed by atoms with Gasteiger partial charge in [0.1, 0.15) is 0 Å². The fourth-order valence-electron chi connectivity index (χ4n) is 3.57. The van der Waals surface area contributed by atoms with Gasteiger partial charge in [-0.15, -0.1) is 0 Å². The Balaban J connectivity index is 1.58. The van der Waals surface area contributed by atoms with Crippen molar-refractivity contribution in [2.45, 2.75) is 24.8 Å². The Kier molecular flexibility index (Phi) is 3.41. The van der Waals surface area contributed by atoms with Crippen molar-refractivity contribution in [1.29, 1.82) is 0 Å². The van der Waals surface area contributed by atoms with Crippen molar-refractivity contribution >= 4 is 11.8 Å². The molecule has 1 aliphatic carbocycles. The molecule has 3 heterocycles. The van der Waals surface area contributed by atoms with E-state index in [1.807, 2.05) is 17.8 Å². The minimum absolute atomic E-state index is 0.0718. The third-order valence-electron chi connectivity index (χ3n) is 5.16. The fourth-order valence-corrected chi connectivity index (χ4v) is 3.57. The molecule has 2 atom stereocenters. The normalized spacial score (nSPS) is 28.0. The topological polar surface area (TPSA) is 67.7 Å². The monoisotopic (exact) mass is 318 g/mol. The Labute approximate surface area is 135 Å². The molecule has 1 aromatic rings. The maximum absolute atomic E-state index is 12.9. The van der Waals surface area contributed by atoms with Gasteiger partial charge in [0.15, 0.2) is 5.69 Å². The van der Waals surface area contributed by atoms with E-state index >= 15 is 0 Å². The number of hydrogen-bond donors (Lipinski definition) is 0. The highest BCUT2D eigenvalue weighted by molar-refractivity contribution is 5.93. The first-order valence-corrected chi connectivity index (χ1v) is 8.22. The molecule has 0 spiro atoms. The number of carbonyl (C=O) groups is 2. The molecule has 3 fully saturated rings. The zero-order chi connectivity index (χ0) is 16.1. The van der Waals surface area contributed by atoms with Crippen LogP contribution >= 0.6 is 0 Å². The van der Waals surface area contributed by atoms with Crippen LogP contribution < -0.4 is 0 Å². The van der Waals surface area contributed by atoms with Gasteiger partial charge < -0.3 is 14.5 Å². The number of rotatable bonds is 2. The number of hydrogen-bond acceptors (Lipinski definition) is 4. The van der Waals surface area contributed by atoms with E-state index < -0.39 is 0 Å². The van der Waals surface area contributed by atoms with Crippen LogP contribution in [0.5, 0.6) is 0 Å². The summed E-state index contributed by atoms with van der Waals surface area (Å²) in [4.78, 5) is 28.8. The van der Waals surface area contributed by atoms with Gasteiger partial charge in [0.05, 0.1) is 25.2 Å². The average Bonchev–Trinajstić information content (AvgIpc) is 3.30. The maximum atomic E-state index is 12.9. The molecule has 23 heavy (non-hydrogen) atoms. The standard InChI is InChI=1S/C16H22N4O3/c1-18-12-7-20(6-11(15(18)21)8-23-9-12)16(22)13-5-14(10-3-4-10)19(2)17-13/h5,10-12H,3-4,6-9H2,1-2H3/t11-,12+/m1/s1. The van der Waals surface area contributed by atoms with Crippen LogP contribution in [-0.4, -0.2) is 70.8 Å². The number of aromatic nitrogens is 2. The van der Waals surface area contributed by atoms with E-state index in [0.717, 1.165) is 5.69 Å². The molecule has 0 unspecified atom stereocenters. The molecule has 124 valence electrons. The summed E-state index contributed by atoms with van der Waals surface area (Å²) in [6, 6.07) is 1.84. The highest BCUT2D eigenvalue weighted by Gasteiger charge is 2.39. The second-order valence-electron chi connectivity index (χ2n) is 6.90. The van der Waals surface area contributed by atoms with Gasteiger partial charge in [0.25, 0.3) is 5.91 Å². The Bertz CT molecular complexity index is 652. The summed E-state index contributed by atoms with van der Waals surface area (Å²) in [6.07, 6.45) is 2.36. The number of likely N-dealkylation sites (N-methyl/N-ethyl adjacent to an activating group) is 1. The van der Waals surface area contributed by atoms with Crippen molar-refractivity contribution in [3.63, 3.8) is 0 Å². The van der Waals surface area contributed by atoms with Gasteiger partial charge >= 0.3 is 0 Å². The smallest absolute Gasteiger partial charge is 0.274 e. The minimum atomic E-state index is -0.275. The van der Waals surface area contributed by atoms with Gasteiger partial charge in [-0.3, -0.25) is 14.3 Å². The van der Waals surface area contributed by atoms with Crippen LogP contribution in [0.4, 0.5) is 0 Å². The molecule has 0 radical (unpaired) electrons. The molecule has 1 aromatic heterocycles. The predicted octanol–water partition coefficient (Wildman–Crippen LogP) is 0.227. The van der Waals surface area contributed by atoms with Crippen LogP contribution in [0.15, 0.2) is 6.07 Å². The van der Waals surface area contributed by atoms with E-state index in [0.29, 0.717) is 37.9 Å². The first kappa shape index (κ1) is 14.7. The van der Waals surface area contributed by atoms with E-state index in [-0.39, 0.29) is 23.8 Å². The lowest BCUT2D eigenvalue weighted by Gasteiger charge is -2.28. The Morgan fingerprint density at radius 2 is 2.00 bits per heavy atom. The van der Waals surface area contributed by atoms with E-state index in [1.165, 1.54) is 12.8 Å². The lowest BCUT2D eigenvalue weighted by Crippen LogP contribution is -2.45. The van der Waals surface area contributed by atoms with Gasteiger partial charge in [-0.25, -0.2) is 0 Å². The second-order valence-corrected chi connectivity index (χ2v) is 6.90. The second kappa shape index (κ2) is 5.33. The summed E-state index contributed by atoms with van der Waals surface area (Å²) in [5.41, 5.74) is 1.63. The Hall–Kier alpha value is -1.89. The lowest BCUT2D eigenvalue weighted by atomic mass is 10.1. The molecule has 7 nitrogen and oxygen atoms in total. The number of amides is 2. The molecule has 2 saturated heterocycles. The molecule has 2 amide bonds. The number of aryl methyl sites for hydroxylation is 1. The fraction of sp³-hybridized carbons (Fsp3) is 0.688. The van der Waals surface area contributed by atoms with Crippen LogP contribution in [0.1, 0.15) is 34.9 Å². The molecule has 2 aliphatic heterocycles. The van der Waals surface area contributed by atoms with Gasteiger partial charge in [0.2, 0.25) is 5.91 Å². The molecular formula is C16H22N4O3. The van der Waals surface area contributed by atoms with Crippen molar-refractivity contribution in [3.8, 4) is 0 Å². The SMILES string of the molecule is CN1C(=O)[C@H]2COC[C@@H]1CN(C(=O)c1cc(C3CC3)n(C)n1)C2. The molecule has 7 heteroatoms. The zero-order valence-electron chi connectivity index (χ0n) is 13.6. The first-order valence-electron chi connectivity index (χ1n) is 8.22. The van der Waals surface area contributed by atoms with Crippen LogP contribution in [0, 0.1) is 5.92 Å². The average molecular weight is 318 g/mol. The van der Waals surface area contributed by atoms with Crippen LogP contribution in [-0.2, 0) is 16.6 Å². The summed E-state index contributed by atoms with van der Waals surface area (Å²) in [5, 5.41) is 4.41. The van der Waals surface area contributed by atoms with E-state index in [2.05, 4.69) is 5.10 Å². The molecule has 0 N–H and O–H groups in total. The number of ether oxygens (including phenoxy) is 1. The van der Waals surface area contributed by atoms with Crippen LogP contribution in [0.2, 0.25) is 0 Å². The van der Waals surface area contributed by atoms with Gasteiger partial charge in [-0.1, -0.05) is 0 Å². The molecule has 0 aromatic carbocycles. The summed E-state index contributed by atoms with van der Waals surface area (Å²) >= 11 is 0. The summed E-state index contributed by atoms with van der Waals surface area (Å²) < 4.78 is 7.40. The van der Waals surface area contributed by atoms with Crippen molar-refractivity contribution in [3.05, 3.63) is 17.5 Å². The highest BCUT2D eigenvalue weighted by Crippen LogP contribution is 2.40. The minimum Gasteiger partial charge on any atom is -0.378 e. The Morgan fingerprint density at radius 3 is 2.74 bits per heavy atom. The molecule has 3 aliphatic rings. The van der Waals surface area contributed by atoms with Gasteiger partial charge in [-0.2, -0.15) is 5.10 Å². The number of carbonyl (C=O) groups excluding carboxylic acids is 2. The number of fused-ring (bicyclic) bond motifs is 3. The van der Waals surface area contributed by atoms with Crippen LogP contribution in [0.25, 0.3) is 0 Å². The van der Waals surface area contributed by atoms with Gasteiger partial charge in [0, 0.05) is 38.8 Å². The largest absolute Gasteiger partial charge is 0.378 e. The van der Waals surface area contributed by atoms with Crippen molar-refractivity contribution < 1.29 is 14.3 Å². The Morgan fingerprint density at radius 1 is 1.22 bits per heavy atom. The molecule has 1 saturated carbocycles. The van der Waals surface area contributed by atoms with Crippen LogP contribution in [0.3, 0.4) is 0 Å². The summed E-state index contributed by atoms with van der Waals surface area (Å²) in [7, 11) is 3.70. The zero-order valence-corrected chi connectivity index (χ0v) is 13.6. The first-order chi connectivity index (χ1) is 11.0. The third kappa shape index (κ3) is 2.52. The summed E-state index contributed by atoms with van der Waals surface area (Å²) in [5.74, 6) is 0.275. The van der Waals surface area contributed by atoms with E-state index in [9.17, 15) is 9.59 Å². The van der Waals surface area contributed by atoms with Crippen molar-refractivity contribution in [2.24, 2.45) is 13.0 Å².